The van der Waals surface area contributed by atoms with Gasteiger partial charge in [0.1, 0.15) is 11.9 Å². The molecule has 1 aromatic heterocycles. The van der Waals surface area contributed by atoms with Crippen LogP contribution in [0.2, 0.25) is 0 Å². The number of piperidine rings is 2. The smallest absolute Gasteiger partial charge is 0.225 e. The van der Waals surface area contributed by atoms with E-state index in [1.807, 2.05) is 6.07 Å². The number of likely N-dealkylation sites (tertiary alicyclic amines) is 1. The zero-order valence-electron chi connectivity index (χ0n) is 13.7. The van der Waals surface area contributed by atoms with Gasteiger partial charge < -0.3 is 9.80 Å². The number of pyridine rings is 1. The minimum Gasteiger partial charge on any atom is -0.357 e. The molecule has 0 saturated carbocycles. The zero-order chi connectivity index (χ0) is 16.2. The second kappa shape index (κ2) is 6.99. The first-order valence-corrected chi connectivity index (χ1v) is 8.57. The van der Waals surface area contributed by atoms with Crippen LogP contribution in [-0.2, 0) is 4.79 Å². The van der Waals surface area contributed by atoms with Crippen molar-refractivity contribution in [2.45, 2.75) is 32.6 Å². The number of hydrogen-bond acceptors (Lipinski definition) is 4. The Bertz CT molecular complexity index is 584. The third kappa shape index (κ3) is 3.64. The highest BCUT2D eigenvalue weighted by atomic mass is 16.2. The number of nitrogens with zero attached hydrogens (tertiary/aromatic N) is 4. The van der Waals surface area contributed by atoms with Crippen LogP contribution in [-0.4, -0.2) is 42.0 Å². The number of anilines is 1. The molecule has 23 heavy (non-hydrogen) atoms. The number of nitriles is 1. The van der Waals surface area contributed by atoms with Crippen LogP contribution in [0.3, 0.4) is 0 Å². The van der Waals surface area contributed by atoms with Crippen LogP contribution in [0.1, 0.15) is 38.2 Å². The van der Waals surface area contributed by atoms with Crippen LogP contribution in [0.5, 0.6) is 0 Å². The third-order valence-electron chi connectivity index (χ3n) is 5.01. The lowest BCUT2D eigenvalue weighted by Crippen LogP contribution is -2.46. The molecular formula is C18H24N4O. The van der Waals surface area contributed by atoms with Crippen molar-refractivity contribution >= 4 is 11.7 Å². The molecule has 0 spiro atoms. The van der Waals surface area contributed by atoms with Gasteiger partial charge in [-0.2, -0.15) is 5.26 Å². The van der Waals surface area contributed by atoms with Crippen LogP contribution in [0, 0.1) is 23.2 Å². The van der Waals surface area contributed by atoms with Gasteiger partial charge in [-0.15, -0.1) is 0 Å². The van der Waals surface area contributed by atoms with E-state index < -0.39 is 0 Å². The van der Waals surface area contributed by atoms with Crippen LogP contribution in [0.25, 0.3) is 0 Å². The quantitative estimate of drug-likeness (QED) is 0.841. The second-order valence-electron chi connectivity index (χ2n) is 6.81. The highest BCUT2D eigenvalue weighted by Crippen LogP contribution is 2.25. The number of aromatic nitrogens is 1. The molecule has 2 fully saturated rings. The minimum absolute atomic E-state index is 0.162. The van der Waals surface area contributed by atoms with Crippen molar-refractivity contribution < 1.29 is 4.79 Å². The summed E-state index contributed by atoms with van der Waals surface area (Å²) >= 11 is 0. The fourth-order valence-corrected chi connectivity index (χ4v) is 3.64. The van der Waals surface area contributed by atoms with Crippen molar-refractivity contribution in [1.82, 2.24) is 9.88 Å². The molecule has 2 aliphatic rings. The molecule has 2 aliphatic heterocycles. The van der Waals surface area contributed by atoms with Crippen LogP contribution >= 0.6 is 0 Å². The predicted molar refractivity (Wildman–Crippen MR) is 88.9 cm³/mol. The van der Waals surface area contributed by atoms with Crippen molar-refractivity contribution in [3.8, 4) is 6.07 Å². The van der Waals surface area contributed by atoms with Crippen LogP contribution in [0.4, 0.5) is 5.82 Å². The number of carbonyl (C=O) groups excluding carboxylic acids is 1. The van der Waals surface area contributed by atoms with E-state index in [2.05, 4.69) is 27.8 Å². The minimum atomic E-state index is 0.162. The monoisotopic (exact) mass is 312 g/mol. The van der Waals surface area contributed by atoms with Gasteiger partial charge >= 0.3 is 0 Å². The van der Waals surface area contributed by atoms with Crippen molar-refractivity contribution in [1.29, 1.82) is 5.26 Å². The molecular weight excluding hydrogens is 288 g/mol. The van der Waals surface area contributed by atoms with Crippen molar-refractivity contribution in [2.24, 2.45) is 11.8 Å². The molecule has 1 aromatic rings. The summed E-state index contributed by atoms with van der Waals surface area (Å²) in [4.78, 5) is 21.3. The van der Waals surface area contributed by atoms with E-state index in [4.69, 9.17) is 5.26 Å². The maximum atomic E-state index is 12.7. The third-order valence-corrected chi connectivity index (χ3v) is 5.01. The van der Waals surface area contributed by atoms with E-state index in [0.717, 1.165) is 51.3 Å². The molecule has 2 saturated heterocycles. The normalized spacial score (nSPS) is 22.7. The average molecular weight is 312 g/mol. The highest BCUT2D eigenvalue weighted by Gasteiger charge is 2.30. The van der Waals surface area contributed by atoms with Gasteiger partial charge in [-0.05, 0) is 43.7 Å². The average Bonchev–Trinajstić information content (AvgIpc) is 2.61. The molecule has 0 aromatic carbocycles. The molecule has 1 unspecified atom stereocenters. The van der Waals surface area contributed by atoms with E-state index in [1.54, 1.807) is 12.3 Å². The molecule has 5 heteroatoms. The fourth-order valence-electron chi connectivity index (χ4n) is 3.64. The lowest BCUT2D eigenvalue weighted by molar-refractivity contribution is -0.137. The standard InChI is InChI=1S/C18H24N4O/c1-14-3-2-8-22(13-14)18(23)16-6-9-21(10-7-16)17-5-4-15(11-19)12-20-17/h4-5,12,14,16H,2-3,6-10,13H2,1H3. The van der Waals surface area contributed by atoms with Gasteiger partial charge in [-0.25, -0.2) is 4.98 Å². The summed E-state index contributed by atoms with van der Waals surface area (Å²) in [5.41, 5.74) is 0.582. The number of hydrogen-bond donors (Lipinski definition) is 0. The predicted octanol–water partition coefficient (Wildman–Crippen LogP) is 2.43. The van der Waals surface area contributed by atoms with Crippen molar-refractivity contribution in [3.05, 3.63) is 23.9 Å². The topological polar surface area (TPSA) is 60.2 Å². The molecule has 1 atom stereocenters. The van der Waals surface area contributed by atoms with Crippen molar-refractivity contribution in [3.63, 3.8) is 0 Å². The summed E-state index contributed by atoms with van der Waals surface area (Å²) in [6.07, 6.45) is 5.78. The lowest BCUT2D eigenvalue weighted by Gasteiger charge is -2.37. The van der Waals surface area contributed by atoms with Gasteiger partial charge in [0.2, 0.25) is 5.91 Å². The summed E-state index contributed by atoms with van der Waals surface area (Å²) in [6, 6.07) is 5.78. The van der Waals surface area contributed by atoms with Gasteiger partial charge in [0.05, 0.1) is 5.56 Å². The molecule has 0 N–H and O–H groups in total. The Kier molecular flexibility index (Phi) is 4.80. The highest BCUT2D eigenvalue weighted by molar-refractivity contribution is 5.79. The van der Waals surface area contributed by atoms with Crippen LogP contribution in [0.15, 0.2) is 18.3 Å². The summed E-state index contributed by atoms with van der Waals surface area (Å²) in [5.74, 6) is 2.05. The first-order chi connectivity index (χ1) is 11.2. The molecule has 3 rings (SSSR count). The molecule has 5 nitrogen and oxygen atoms in total. The van der Waals surface area contributed by atoms with E-state index in [1.165, 1.54) is 6.42 Å². The lowest BCUT2D eigenvalue weighted by atomic mass is 9.93. The van der Waals surface area contributed by atoms with E-state index in [0.29, 0.717) is 17.4 Å². The first-order valence-electron chi connectivity index (χ1n) is 8.57. The van der Waals surface area contributed by atoms with Gasteiger partial charge in [-0.3, -0.25) is 4.79 Å². The Morgan fingerprint density at radius 1 is 1.26 bits per heavy atom. The molecule has 122 valence electrons. The summed E-state index contributed by atoms with van der Waals surface area (Å²) in [6.45, 7) is 5.81. The molecule has 0 bridgehead atoms. The Morgan fingerprint density at radius 3 is 2.65 bits per heavy atom. The summed E-state index contributed by atoms with van der Waals surface area (Å²) in [7, 11) is 0. The number of amides is 1. The Balaban J connectivity index is 1.55. The summed E-state index contributed by atoms with van der Waals surface area (Å²) in [5, 5.41) is 8.83. The second-order valence-corrected chi connectivity index (χ2v) is 6.81. The SMILES string of the molecule is CC1CCCN(C(=O)C2CCN(c3ccc(C#N)cn3)CC2)C1. The number of carbonyl (C=O) groups is 1. The molecule has 3 heterocycles. The Labute approximate surface area is 137 Å². The van der Waals surface area contributed by atoms with Crippen molar-refractivity contribution in [2.75, 3.05) is 31.1 Å². The van der Waals surface area contributed by atoms with Gasteiger partial charge in [0, 0.05) is 38.3 Å². The Morgan fingerprint density at radius 2 is 2.04 bits per heavy atom. The maximum absolute atomic E-state index is 12.7. The molecule has 1 amide bonds. The fraction of sp³-hybridized carbons (Fsp3) is 0.611. The Hall–Kier alpha value is -2.09. The van der Waals surface area contributed by atoms with E-state index in [-0.39, 0.29) is 5.92 Å². The van der Waals surface area contributed by atoms with Crippen LogP contribution < -0.4 is 4.90 Å². The van der Waals surface area contributed by atoms with Gasteiger partial charge in [-0.1, -0.05) is 6.92 Å². The molecule has 0 aliphatic carbocycles. The zero-order valence-corrected chi connectivity index (χ0v) is 13.7. The largest absolute Gasteiger partial charge is 0.357 e. The maximum Gasteiger partial charge on any atom is 0.225 e. The van der Waals surface area contributed by atoms with E-state index >= 15 is 0 Å². The first kappa shape index (κ1) is 15.8. The van der Waals surface area contributed by atoms with E-state index in [9.17, 15) is 4.79 Å². The number of rotatable bonds is 2. The molecule has 0 radical (unpaired) electrons. The van der Waals surface area contributed by atoms with Gasteiger partial charge in [0.25, 0.3) is 0 Å². The summed E-state index contributed by atoms with van der Waals surface area (Å²) < 4.78 is 0. The van der Waals surface area contributed by atoms with Gasteiger partial charge in [0.15, 0.2) is 0 Å².